The number of rotatable bonds is 10. The normalized spacial score (nSPS) is 12.6. The zero-order valence-corrected chi connectivity index (χ0v) is 15.3. The molecule has 1 atom stereocenters. The van der Waals surface area contributed by atoms with Crippen LogP contribution in [0.15, 0.2) is 35.2 Å². The highest BCUT2D eigenvalue weighted by Gasteiger charge is 2.29. The van der Waals surface area contributed by atoms with E-state index in [2.05, 4.69) is 10.0 Å². The lowest BCUT2D eigenvalue weighted by atomic mass is 10.1. The van der Waals surface area contributed by atoms with Crippen LogP contribution < -0.4 is 10.0 Å². The molecule has 0 aliphatic heterocycles. The second kappa shape index (κ2) is 10.1. The average molecular weight is 372 g/mol. The lowest BCUT2D eigenvalue weighted by Crippen LogP contribution is -2.46. The molecule has 1 aromatic carbocycles. The molecule has 140 valence electrons. The van der Waals surface area contributed by atoms with E-state index in [1.54, 1.807) is 32.0 Å². The Morgan fingerprint density at radius 1 is 1.16 bits per heavy atom. The third-order valence-electron chi connectivity index (χ3n) is 3.23. The van der Waals surface area contributed by atoms with E-state index in [0.29, 0.717) is 13.2 Å². The van der Waals surface area contributed by atoms with Crippen molar-refractivity contribution in [1.82, 2.24) is 10.0 Å². The van der Waals surface area contributed by atoms with Crippen molar-refractivity contribution < 1.29 is 27.5 Å². The smallest absolute Gasteiger partial charge is 0.324 e. The highest BCUT2D eigenvalue weighted by atomic mass is 32.2. The Morgan fingerprint density at radius 3 is 2.36 bits per heavy atom. The van der Waals surface area contributed by atoms with Crippen LogP contribution >= 0.6 is 0 Å². The third-order valence-corrected chi connectivity index (χ3v) is 4.69. The van der Waals surface area contributed by atoms with Gasteiger partial charge in [-0.2, -0.15) is 4.72 Å². The standard InChI is InChI=1S/C16H24N2O6S/c1-12(2)15(16(20)24-11-14(19)17-9-10-23-3)18-25(21,22)13-7-5-4-6-8-13/h4-8,12,15,18H,9-11H2,1-3H3,(H,17,19)/t15-/m0/s1. The summed E-state index contributed by atoms with van der Waals surface area (Å²) in [5.41, 5.74) is 0. The zero-order chi connectivity index (χ0) is 18.9. The van der Waals surface area contributed by atoms with Gasteiger partial charge in [0.2, 0.25) is 10.0 Å². The van der Waals surface area contributed by atoms with E-state index in [1.165, 1.54) is 19.2 Å². The van der Waals surface area contributed by atoms with Crippen molar-refractivity contribution in [2.75, 3.05) is 26.9 Å². The molecule has 0 aromatic heterocycles. The first-order chi connectivity index (χ1) is 11.8. The summed E-state index contributed by atoms with van der Waals surface area (Å²) in [4.78, 5) is 23.8. The molecule has 0 fully saturated rings. The molecule has 0 saturated carbocycles. The number of carbonyl (C=O) groups is 2. The Hall–Kier alpha value is -1.97. The predicted molar refractivity (Wildman–Crippen MR) is 91.2 cm³/mol. The third kappa shape index (κ3) is 7.20. The number of hydrogen-bond acceptors (Lipinski definition) is 6. The maximum atomic E-state index is 12.4. The van der Waals surface area contributed by atoms with Crippen LogP contribution in [0.1, 0.15) is 13.8 Å². The lowest BCUT2D eigenvalue weighted by Gasteiger charge is -2.20. The lowest BCUT2D eigenvalue weighted by molar-refractivity contribution is -0.151. The van der Waals surface area contributed by atoms with Gasteiger partial charge in [-0.05, 0) is 18.1 Å². The molecule has 1 aromatic rings. The first kappa shape index (κ1) is 21.1. The zero-order valence-electron chi connectivity index (χ0n) is 14.5. The van der Waals surface area contributed by atoms with Crippen LogP contribution in [0.3, 0.4) is 0 Å². The second-order valence-corrected chi connectivity index (χ2v) is 7.32. The summed E-state index contributed by atoms with van der Waals surface area (Å²) in [7, 11) is -2.38. The van der Waals surface area contributed by atoms with E-state index in [1.807, 2.05) is 0 Å². The Bertz CT molecular complexity index is 660. The van der Waals surface area contributed by atoms with Crippen LogP contribution in [-0.4, -0.2) is 53.2 Å². The molecule has 1 rings (SSSR count). The molecule has 0 heterocycles. The van der Waals surface area contributed by atoms with Crippen LogP contribution in [0, 0.1) is 5.92 Å². The number of ether oxygens (including phenoxy) is 2. The van der Waals surface area contributed by atoms with E-state index < -0.39 is 34.5 Å². The van der Waals surface area contributed by atoms with Gasteiger partial charge >= 0.3 is 5.97 Å². The fourth-order valence-corrected chi connectivity index (χ4v) is 3.22. The number of amides is 1. The minimum atomic E-state index is -3.87. The van der Waals surface area contributed by atoms with Gasteiger partial charge in [-0.1, -0.05) is 32.0 Å². The van der Waals surface area contributed by atoms with E-state index >= 15 is 0 Å². The fourth-order valence-electron chi connectivity index (χ4n) is 1.86. The van der Waals surface area contributed by atoms with Gasteiger partial charge in [0.1, 0.15) is 6.04 Å². The number of nitrogens with one attached hydrogen (secondary N) is 2. The van der Waals surface area contributed by atoms with Crippen molar-refractivity contribution in [2.45, 2.75) is 24.8 Å². The maximum Gasteiger partial charge on any atom is 0.324 e. The quantitative estimate of drug-likeness (QED) is 0.451. The number of esters is 1. The van der Waals surface area contributed by atoms with Crippen molar-refractivity contribution in [3.05, 3.63) is 30.3 Å². The van der Waals surface area contributed by atoms with E-state index in [9.17, 15) is 18.0 Å². The highest BCUT2D eigenvalue weighted by molar-refractivity contribution is 7.89. The Kier molecular flexibility index (Phi) is 8.53. The highest BCUT2D eigenvalue weighted by Crippen LogP contribution is 2.12. The molecule has 1 amide bonds. The van der Waals surface area contributed by atoms with Crippen LogP contribution in [0.5, 0.6) is 0 Å². The number of methoxy groups -OCH3 is 1. The number of sulfonamides is 1. The van der Waals surface area contributed by atoms with Crippen LogP contribution in [0.4, 0.5) is 0 Å². The average Bonchev–Trinajstić information content (AvgIpc) is 2.58. The largest absolute Gasteiger partial charge is 0.454 e. The van der Waals surface area contributed by atoms with Gasteiger partial charge in [-0.3, -0.25) is 9.59 Å². The molecular formula is C16H24N2O6S. The first-order valence-corrected chi connectivity index (χ1v) is 9.26. The SMILES string of the molecule is COCCNC(=O)COC(=O)[C@@H](NS(=O)(=O)c1ccccc1)C(C)C. The molecule has 25 heavy (non-hydrogen) atoms. The van der Waals surface area contributed by atoms with Crippen molar-refractivity contribution in [2.24, 2.45) is 5.92 Å². The van der Waals surface area contributed by atoms with Gasteiger partial charge < -0.3 is 14.8 Å². The minimum Gasteiger partial charge on any atom is -0.454 e. The molecule has 0 saturated heterocycles. The summed E-state index contributed by atoms with van der Waals surface area (Å²) in [5.74, 6) is -1.65. The Balaban J connectivity index is 2.67. The number of hydrogen-bond donors (Lipinski definition) is 2. The fraction of sp³-hybridized carbons (Fsp3) is 0.500. The van der Waals surface area contributed by atoms with Gasteiger partial charge in [-0.25, -0.2) is 8.42 Å². The summed E-state index contributed by atoms with van der Waals surface area (Å²) in [6.07, 6.45) is 0. The topological polar surface area (TPSA) is 111 Å². The monoisotopic (exact) mass is 372 g/mol. The summed E-state index contributed by atoms with van der Waals surface area (Å²) in [6.45, 7) is 3.50. The number of benzene rings is 1. The summed E-state index contributed by atoms with van der Waals surface area (Å²) < 4.78 is 36.7. The van der Waals surface area contributed by atoms with Crippen LogP contribution in [0.2, 0.25) is 0 Å². The Labute approximate surface area is 147 Å². The van der Waals surface area contributed by atoms with Crippen molar-refractivity contribution in [3.63, 3.8) is 0 Å². The minimum absolute atomic E-state index is 0.0470. The van der Waals surface area contributed by atoms with E-state index in [-0.39, 0.29) is 10.8 Å². The summed E-state index contributed by atoms with van der Waals surface area (Å²) in [6, 6.07) is 6.61. The van der Waals surface area contributed by atoms with Gasteiger partial charge in [-0.15, -0.1) is 0 Å². The van der Waals surface area contributed by atoms with Crippen molar-refractivity contribution in [1.29, 1.82) is 0 Å². The molecule has 0 spiro atoms. The molecule has 0 bridgehead atoms. The molecule has 0 aliphatic carbocycles. The predicted octanol–water partition coefficient (Wildman–Crippen LogP) is 0.295. The molecule has 0 radical (unpaired) electrons. The molecular weight excluding hydrogens is 348 g/mol. The molecule has 2 N–H and O–H groups in total. The summed E-state index contributed by atoms with van der Waals surface area (Å²) >= 11 is 0. The molecule has 8 nitrogen and oxygen atoms in total. The van der Waals surface area contributed by atoms with Crippen LogP contribution in [0.25, 0.3) is 0 Å². The van der Waals surface area contributed by atoms with E-state index in [0.717, 1.165) is 0 Å². The van der Waals surface area contributed by atoms with Gasteiger partial charge in [0.05, 0.1) is 11.5 Å². The second-order valence-electron chi connectivity index (χ2n) is 5.61. The van der Waals surface area contributed by atoms with Gasteiger partial charge in [0, 0.05) is 13.7 Å². The van der Waals surface area contributed by atoms with Crippen molar-refractivity contribution in [3.8, 4) is 0 Å². The van der Waals surface area contributed by atoms with Gasteiger partial charge in [0.25, 0.3) is 5.91 Å². The Morgan fingerprint density at radius 2 is 1.80 bits per heavy atom. The van der Waals surface area contributed by atoms with Crippen LogP contribution in [-0.2, 0) is 29.1 Å². The maximum absolute atomic E-state index is 12.4. The molecule has 9 heteroatoms. The number of carbonyl (C=O) groups excluding carboxylic acids is 2. The van der Waals surface area contributed by atoms with E-state index in [4.69, 9.17) is 9.47 Å². The first-order valence-electron chi connectivity index (χ1n) is 7.77. The summed E-state index contributed by atoms with van der Waals surface area (Å²) in [5, 5.41) is 2.50. The molecule has 0 aliphatic rings. The molecule has 0 unspecified atom stereocenters. The van der Waals surface area contributed by atoms with Crippen molar-refractivity contribution >= 4 is 21.9 Å². The van der Waals surface area contributed by atoms with Gasteiger partial charge in [0.15, 0.2) is 6.61 Å².